The fourth-order valence-corrected chi connectivity index (χ4v) is 3.62. The van der Waals surface area contributed by atoms with Crippen LogP contribution in [0.4, 0.5) is 5.69 Å². The molecule has 20 heavy (non-hydrogen) atoms. The molecule has 0 radical (unpaired) electrons. The summed E-state index contributed by atoms with van der Waals surface area (Å²) in [5.74, 6) is 0. The molecule has 2 aromatic carbocycles. The molecular formula is C15H16BrNO2S. The van der Waals surface area contributed by atoms with Gasteiger partial charge in [0.1, 0.15) is 0 Å². The highest BCUT2D eigenvalue weighted by Gasteiger charge is 2.24. The van der Waals surface area contributed by atoms with Crippen molar-refractivity contribution < 1.29 is 8.42 Å². The molecule has 0 saturated heterocycles. The van der Waals surface area contributed by atoms with Crippen molar-refractivity contribution in [3.63, 3.8) is 0 Å². The number of anilines is 1. The predicted molar refractivity (Wildman–Crippen MR) is 86.3 cm³/mol. The average molecular weight is 354 g/mol. The summed E-state index contributed by atoms with van der Waals surface area (Å²) in [6, 6.07) is 16.6. The van der Waals surface area contributed by atoms with Crippen LogP contribution in [0.5, 0.6) is 0 Å². The summed E-state index contributed by atoms with van der Waals surface area (Å²) in [5, 5.41) is 0. The van der Waals surface area contributed by atoms with Crippen LogP contribution in [0.15, 0.2) is 59.1 Å². The number of rotatable bonds is 4. The molecule has 106 valence electrons. The van der Waals surface area contributed by atoms with Crippen LogP contribution in [0.3, 0.4) is 0 Å². The second-order valence-electron chi connectivity index (χ2n) is 4.62. The van der Waals surface area contributed by atoms with Gasteiger partial charge in [-0.05, 0) is 36.8 Å². The van der Waals surface area contributed by atoms with Gasteiger partial charge in [0.15, 0.2) is 0 Å². The topological polar surface area (TPSA) is 37.4 Å². The van der Waals surface area contributed by atoms with Crippen molar-refractivity contribution in [1.29, 1.82) is 0 Å². The molecular weight excluding hydrogens is 338 g/mol. The molecule has 0 aromatic heterocycles. The van der Waals surface area contributed by atoms with Gasteiger partial charge < -0.3 is 0 Å². The molecule has 3 nitrogen and oxygen atoms in total. The third-order valence-electron chi connectivity index (χ3n) is 3.07. The zero-order chi connectivity index (χ0) is 14.8. The summed E-state index contributed by atoms with van der Waals surface area (Å²) in [6.07, 6.45) is 1.23. The Labute approximate surface area is 128 Å². The quantitative estimate of drug-likeness (QED) is 0.833. The minimum Gasteiger partial charge on any atom is -0.263 e. The normalized spacial score (nSPS) is 12.9. The van der Waals surface area contributed by atoms with Crippen molar-refractivity contribution in [3.05, 3.63) is 64.6 Å². The molecule has 0 unspecified atom stereocenters. The molecule has 5 heteroatoms. The first-order valence-electron chi connectivity index (χ1n) is 6.19. The van der Waals surface area contributed by atoms with Crippen molar-refractivity contribution in [2.45, 2.75) is 13.0 Å². The molecule has 0 aliphatic carbocycles. The first-order chi connectivity index (χ1) is 9.39. The van der Waals surface area contributed by atoms with Gasteiger partial charge in [-0.3, -0.25) is 4.31 Å². The van der Waals surface area contributed by atoms with E-state index in [1.165, 1.54) is 10.6 Å². The van der Waals surface area contributed by atoms with E-state index in [-0.39, 0.29) is 6.04 Å². The van der Waals surface area contributed by atoms with Gasteiger partial charge in [0.05, 0.1) is 18.0 Å². The number of benzene rings is 2. The average Bonchev–Trinajstić information content (AvgIpc) is 2.39. The SMILES string of the molecule is C[C@@H](c1ccc(Br)cc1)N(c1ccccc1)S(C)(=O)=O. The standard InChI is InChI=1S/C15H16BrNO2S/c1-12(13-8-10-14(16)11-9-13)17(20(2,18)19)15-6-4-3-5-7-15/h3-12H,1-2H3/t12-/m0/s1. The Balaban J connectivity index is 2.45. The van der Waals surface area contributed by atoms with Crippen LogP contribution in [0.2, 0.25) is 0 Å². The molecule has 0 fully saturated rings. The van der Waals surface area contributed by atoms with Crippen LogP contribution in [0, 0.1) is 0 Å². The lowest BCUT2D eigenvalue weighted by molar-refractivity contribution is 0.589. The van der Waals surface area contributed by atoms with E-state index in [1.54, 1.807) is 12.1 Å². The van der Waals surface area contributed by atoms with E-state index in [2.05, 4.69) is 15.9 Å². The van der Waals surface area contributed by atoms with E-state index < -0.39 is 10.0 Å². The van der Waals surface area contributed by atoms with Crippen LogP contribution >= 0.6 is 15.9 Å². The van der Waals surface area contributed by atoms with Gasteiger partial charge in [0.2, 0.25) is 10.0 Å². The molecule has 1 atom stereocenters. The van der Waals surface area contributed by atoms with Gasteiger partial charge >= 0.3 is 0 Å². The molecule has 0 aliphatic rings. The minimum atomic E-state index is -3.35. The van der Waals surface area contributed by atoms with Crippen LogP contribution < -0.4 is 4.31 Å². The molecule has 0 bridgehead atoms. The van der Waals surface area contributed by atoms with Crippen LogP contribution in [0.1, 0.15) is 18.5 Å². The molecule has 0 heterocycles. The highest BCUT2D eigenvalue weighted by molar-refractivity contribution is 9.10. The van der Waals surface area contributed by atoms with Gasteiger partial charge in [-0.2, -0.15) is 0 Å². The number of hydrogen-bond acceptors (Lipinski definition) is 2. The fourth-order valence-electron chi connectivity index (χ4n) is 2.15. The van der Waals surface area contributed by atoms with E-state index >= 15 is 0 Å². The zero-order valence-electron chi connectivity index (χ0n) is 11.3. The lowest BCUT2D eigenvalue weighted by Crippen LogP contribution is -2.32. The number of sulfonamides is 1. The van der Waals surface area contributed by atoms with Crippen LogP contribution in [-0.2, 0) is 10.0 Å². The first-order valence-corrected chi connectivity index (χ1v) is 8.83. The maximum atomic E-state index is 12.1. The van der Waals surface area contributed by atoms with Gasteiger partial charge in [-0.15, -0.1) is 0 Å². The predicted octanol–water partition coefficient (Wildman–Crippen LogP) is 3.98. The number of hydrogen-bond donors (Lipinski definition) is 0. The zero-order valence-corrected chi connectivity index (χ0v) is 13.7. The van der Waals surface area contributed by atoms with E-state index in [4.69, 9.17) is 0 Å². The minimum absolute atomic E-state index is 0.263. The second kappa shape index (κ2) is 5.97. The summed E-state index contributed by atoms with van der Waals surface area (Å²) < 4.78 is 26.7. The maximum Gasteiger partial charge on any atom is 0.232 e. The Kier molecular flexibility index (Phi) is 4.50. The monoisotopic (exact) mass is 353 g/mol. The summed E-state index contributed by atoms with van der Waals surface area (Å²) in [4.78, 5) is 0. The Morgan fingerprint density at radius 1 is 1.00 bits per heavy atom. The molecule has 0 saturated carbocycles. The maximum absolute atomic E-state index is 12.1. The lowest BCUT2D eigenvalue weighted by atomic mass is 10.1. The molecule has 0 aliphatic heterocycles. The van der Waals surface area contributed by atoms with Crippen molar-refractivity contribution in [1.82, 2.24) is 0 Å². The highest BCUT2D eigenvalue weighted by atomic mass is 79.9. The third kappa shape index (κ3) is 3.41. The van der Waals surface area contributed by atoms with Gasteiger partial charge in [-0.25, -0.2) is 8.42 Å². The van der Waals surface area contributed by atoms with E-state index in [9.17, 15) is 8.42 Å². The van der Waals surface area contributed by atoms with E-state index in [0.717, 1.165) is 10.0 Å². The molecule has 0 N–H and O–H groups in total. The van der Waals surface area contributed by atoms with Crippen LogP contribution in [0.25, 0.3) is 0 Å². The smallest absolute Gasteiger partial charge is 0.232 e. The third-order valence-corrected chi connectivity index (χ3v) is 4.84. The molecule has 0 amide bonds. The Hall–Kier alpha value is -1.33. The van der Waals surface area contributed by atoms with Gasteiger partial charge in [-0.1, -0.05) is 46.3 Å². The number of halogens is 1. The Morgan fingerprint density at radius 3 is 2.05 bits per heavy atom. The van der Waals surface area contributed by atoms with Crippen molar-refractivity contribution in [3.8, 4) is 0 Å². The Morgan fingerprint density at radius 2 is 1.55 bits per heavy atom. The van der Waals surface area contributed by atoms with Gasteiger partial charge in [0.25, 0.3) is 0 Å². The fraction of sp³-hybridized carbons (Fsp3) is 0.200. The Bertz CT molecular complexity index is 669. The summed E-state index contributed by atoms with van der Waals surface area (Å²) in [5.41, 5.74) is 1.62. The van der Waals surface area contributed by atoms with Crippen LogP contribution in [-0.4, -0.2) is 14.7 Å². The largest absolute Gasteiger partial charge is 0.263 e. The first kappa shape index (κ1) is 15.1. The summed E-state index contributed by atoms with van der Waals surface area (Å²) >= 11 is 3.38. The molecule has 2 aromatic rings. The second-order valence-corrected chi connectivity index (χ2v) is 7.40. The van der Waals surface area contributed by atoms with E-state index in [0.29, 0.717) is 5.69 Å². The molecule has 2 rings (SSSR count). The lowest BCUT2D eigenvalue weighted by Gasteiger charge is -2.29. The highest BCUT2D eigenvalue weighted by Crippen LogP contribution is 2.29. The number of para-hydroxylation sites is 1. The summed E-state index contributed by atoms with van der Waals surface area (Å²) in [6.45, 7) is 1.89. The van der Waals surface area contributed by atoms with Crippen molar-refractivity contribution in [2.24, 2.45) is 0 Å². The number of nitrogens with zero attached hydrogens (tertiary/aromatic N) is 1. The van der Waals surface area contributed by atoms with E-state index in [1.807, 2.05) is 49.4 Å². The van der Waals surface area contributed by atoms with Crippen molar-refractivity contribution >= 4 is 31.6 Å². The summed E-state index contributed by atoms with van der Waals surface area (Å²) in [7, 11) is -3.35. The van der Waals surface area contributed by atoms with Crippen molar-refractivity contribution in [2.75, 3.05) is 10.6 Å². The van der Waals surface area contributed by atoms with Gasteiger partial charge in [0, 0.05) is 4.47 Å². The molecule has 0 spiro atoms.